The molecule has 1 N–H and O–H groups in total. The van der Waals surface area contributed by atoms with Crippen LogP contribution < -0.4 is 10.8 Å². The fourth-order valence-electron chi connectivity index (χ4n) is 1.66. The Kier molecular flexibility index (Phi) is 4.36. The predicted molar refractivity (Wildman–Crippen MR) is 75.9 cm³/mol. The Hall–Kier alpha value is -1.83. The smallest absolute Gasteiger partial charge is 0.352 e. The summed E-state index contributed by atoms with van der Waals surface area (Å²) in [4.78, 5) is 14.9. The van der Waals surface area contributed by atoms with Crippen molar-refractivity contribution in [1.29, 1.82) is 0 Å². The van der Waals surface area contributed by atoms with Crippen molar-refractivity contribution in [3.63, 3.8) is 0 Å². The van der Waals surface area contributed by atoms with Crippen LogP contribution in [0.3, 0.4) is 0 Å². The van der Waals surface area contributed by atoms with E-state index in [1.165, 1.54) is 0 Å². The quantitative estimate of drug-likeness (QED) is 0.885. The topological polar surface area (TPSA) is 42.0 Å². The molecule has 3 nitrogen and oxygen atoms in total. The van der Waals surface area contributed by atoms with Gasteiger partial charge in [-0.2, -0.15) is 13.2 Å². The number of thiazole rings is 1. The number of halogens is 3. The van der Waals surface area contributed by atoms with Crippen LogP contribution >= 0.6 is 11.3 Å². The minimum Gasteiger partial charge on any atom is -0.352 e. The van der Waals surface area contributed by atoms with E-state index in [2.05, 4.69) is 10.3 Å². The van der Waals surface area contributed by atoms with Gasteiger partial charge in [-0.05, 0) is 6.92 Å². The van der Waals surface area contributed by atoms with Crippen LogP contribution in [-0.2, 0) is 6.18 Å². The summed E-state index contributed by atoms with van der Waals surface area (Å²) in [5, 5.41) is 2.49. The van der Waals surface area contributed by atoms with Gasteiger partial charge in [0, 0.05) is 12.1 Å². The van der Waals surface area contributed by atoms with Crippen LogP contribution in [0.5, 0.6) is 0 Å². The van der Waals surface area contributed by atoms with E-state index in [1.807, 2.05) is 0 Å². The van der Waals surface area contributed by atoms with Gasteiger partial charge < -0.3 is 5.32 Å². The number of carbonyl (C=O) groups excluding carboxylic acids is 1. The van der Waals surface area contributed by atoms with Gasteiger partial charge in [0.15, 0.2) is 5.69 Å². The maximum Gasteiger partial charge on any atom is 0.435 e. The van der Waals surface area contributed by atoms with Gasteiger partial charge in [-0.1, -0.05) is 29.7 Å². The molecule has 1 heterocycles. The average Bonchev–Trinajstić information content (AvgIpc) is 2.85. The molecule has 1 aromatic heterocycles. The maximum atomic E-state index is 13.0. The highest BCUT2D eigenvalue weighted by molar-refractivity contribution is 7.17. The third-order valence-electron chi connectivity index (χ3n) is 2.60. The van der Waals surface area contributed by atoms with Gasteiger partial charge in [0.2, 0.25) is 0 Å². The lowest BCUT2D eigenvalue weighted by molar-refractivity contribution is -0.141. The number of alkyl halides is 3. The van der Waals surface area contributed by atoms with Gasteiger partial charge in [0.05, 0.1) is 0 Å². The van der Waals surface area contributed by atoms with Crippen LogP contribution in [0.4, 0.5) is 13.2 Å². The summed E-state index contributed by atoms with van der Waals surface area (Å²) in [6.07, 6.45) is -4.68. The van der Waals surface area contributed by atoms with Crippen molar-refractivity contribution < 1.29 is 18.0 Å². The van der Waals surface area contributed by atoms with Gasteiger partial charge in [0.25, 0.3) is 5.91 Å². The summed E-state index contributed by atoms with van der Waals surface area (Å²) < 4.78 is 39.0. The van der Waals surface area contributed by atoms with E-state index in [4.69, 9.17) is 7.85 Å². The van der Waals surface area contributed by atoms with Gasteiger partial charge in [-0.25, -0.2) is 4.98 Å². The molecule has 2 rings (SSSR count). The van der Waals surface area contributed by atoms with Crippen LogP contribution in [0.25, 0.3) is 10.6 Å². The van der Waals surface area contributed by atoms with Crippen molar-refractivity contribution in [1.82, 2.24) is 10.3 Å². The van der Waals surface area contributed by atoms with E-state index in [0.29, 0.717) is 22.4 Å². The molecule has 0 unspecified atom stereocenters. The molecule has 2 aromatic rings. The number of rotatable bonds is 3. The van der Waals surface area contributed by atoms with Crippen molar-refractivity contribution >= 4 is 30.6 Å². The first-order valence-corrected chi connectivity index (χ1v) is 6.86. The number of nitrogens with zero attached hydrogens (tertiary/aromatic N) is 1. The number of hydrogen-bond acceptors (Lipinski definition) is 3. The number of nitrogens with one attached hydrogen (secondary N) is 1. The molecule has 0 aliphatic rings. The number of aromatic nitrogens is 1. The van der Waals surface area contributed by atoms with Crippen molar-refractivity contribution in [3.8, 4) is 10.6 Å². The molecule has 0 bridgehead atoms. The third kappa shape index (κ3) is 3.44. The highest BCUT2D eigenvalue weighted by Crippen LogP contribution is 2.37. The lowest BCUT2D eigenvalue weighted by Crippen LogP contribution is -2.24. The van der Waals surface area contributed by atoms with Gasteiger partial charge in [-0.15, -0.1) is 11.3 Å². The van der Waals surface area contributed by atoms with Gasteiger partial charge in [0.1, 0.15) is 17.7 Å². The number of benzene rings is 1. The molecule has 21 heavy (non-hydrogen) atoms. The van der Waals surface area contributed by atoms with Crippen LogP contribution in [0.15, 0.2) is 24.3 Å². The van der Waals surface area contributed by atoms with Crippen LogP contribution in [0.2, 0.25) is 0 Å². The highest BCUT2D eigenvalue weighted by atomic mass is 32.1. The van der Waals surface area contributed by atoms with E-state index in [-0.39, 0.29) is 11.6 Å². The molecule has 0 aliphatic heterocycles. The molecule has 0 spiro atoms. The molecular weight excluding hydrogens is 300 g/mol. The second-order valence-corrected chi connectivity index (χ2v) is 5.18. The van der Waals surface area contributed by atoms with Crippen LogP contribution in [0, 0.1) is 0 Å². The fourth-order valence-corrected chi connectivity index (χ4v) is 2.66. The molecule has 1 aromatic carbocycles. The lowest BCUT2D eigenvalue weighted by atomic mass is 9.95. The van der Waals surface area contributed by atoms with Gasteiger partial charge >= 0.3 is 6.18 Å². The summed E-state index contributed by atoms with van der Waals surface area (Å²) in [6.45, 7) is 1.87. The molecule has 0 fully saturated rings. The van der Waals surface area contributed by atoms with Crippen molar-refractivity contribution in [3.05, 3.63) is 34.8 Å². The Morgan fingerprint density at radius 2 is 1.95 bits per heavy atom. The van der Waals surface area contributed by atoms with Gasteiger partial charge in [-0.3, -0.25) is 4.79 Å². The third-order valence-corrected chi connectivity index (χ3v) is 3.70. The first-order valence-electron chi connectivity index (χ1n) is 6.05. The molecule has 0 saturated carbocycles. The van der Waals surface area contributed by atoms with Crippen LogP contribution in [0.1, 0.15) is 22.3 Å². The Morgan fingerprint density at radius 1 is 1.33 bits per heavy atom. The second-order valence-electron chi connectivity index (χ2n) is 4.18. The van der Waals surface area contributed by atoms with Crippen molar-refractivity contribution in [2.45, 2.75) is 13.1 Å². The zero-order valence-electron chi connectivity index (χ0n) is 11.0. The van der Waals surface area contributed by atoms with Crippen molar-refractivity contribution in [2.75, 3.05) is 6.54 Å². The molecule has 108 valence electrons. The Labute approximate surface area is 124 Å². The zero-order chi connectivity index (χ0) is 15.6. The lowest BCUT2D eigenvalue weighted by Gasteiger charge is -2.05. The van der Waals surface area contributed by atoms with E-state index < -0.39 is 22.7 Å². The van der Waals surface area contributed by atoms with Crippen molar-refractivity contribution in [2.24, 2.45) is 0 Å². The summed E-state index contributed by atoms with van der Waals surface area (Å²) in [7, 11) is 5.54. The molecule has 0 saturated heterocycles. The first kappa shape index (κ1) is 15.6. The van der Waals surface area contributed by atoms with Crippen LogP contribution in [-0.4, -0.2) is 25.3 Å². The zero-order valence-corrected chi connectivity index (χ0v) is 11.8. The second kappa shape index (κ2) is 5.89. The number of amides is 1. The molecule has 8 heteroatoms. The van der Waals surface area contributed by atoms with E-state index in [0.717, 1.165) is 0 Å². The number of carbonyl (C=O) groups is 1. The Balaban J connectivity index is 2.50. The Bertz CT molecular complexity index is 652. The predicted octanol–water partition coefficient (Wildman–Crippen LogP) is 2.37. The standard InChI is InChI=1S/C13H10BF3N2OS/c1-2-18-11(20)9-10(13(15,16)17)19-12(21-9)7-3-5-8(14)6-4-7/h3-6H,2H2,1H3,(H,18,20). The molecule has 0 atom stereocenters. The fraction of sp³-hybridized carbons (Fsp3) is 0.231. The molecule has 0 aliphatic carbocycles. The summed E-state index contributed by atoms with van der Waals surface area (Å²) in [5.41, 5.74) is -0.184. The monoisotopic (exact) mass is 310 g/mol. The van der Waals surface area contributed by atoms with E-state index >= 15 is 0 Å². The molecular formula is C13H10BF3N2OS. The summed E-state index contributed by atoms with van der Waals surface area (Å²) >= 11 is 0.709. The molecule has 2 radical (unpaired) electrons. The summed E-state index contributed by atoms with van der Waals surface area (Å²) in [6, 6.07) is 6.26. The highest BCUT2D eigenvalue weighted by Gasteiger charge is 2.39. The normalized spacial score (nSPS) is 11.4. The van der Waals surface area contributed by atoms with E-state index in [1.54, 1.807) is 31.2 Å². The SMILES string of the molecule is [B]c1ccc(-c2nc(C(F)(F)F)c(C(=O)NCC)s2)cc1. The molecule has 1 amide bonds. The average molecular weight is 310 g/mol. The minimum atomic E-state index is -4.68. The minimum absolute atomic E-state index is 0.128. The number of hydrogen-bond donors (Lipinski definition) is 1. The first-order chi connectivity index (χ1) is 9.82. The Morgan fingerprint density at radius 3 is 2.48 bits per heavy atom. The maximum absolute atomic E-state index is 13.0. The largest absolute Gasteiger partial charge is 0.435 e. The summed E-state index contributed by atoms with van der Waals surface area (Å²) in [5.74, 6) is -0.774. The van der Waals surface area contributed by atoms with E-state index in [9.17, 15) is 18.0 Å².